The number of carbonyl (C=O) groups is 1. The van der Waals surface area contributed by atoms with Gasteiger partial charge in [-0.1, -0.05) is 46.4 Å². The Morgan fingerprint density at radius 3 is 2.31 bits per heavy atom. The van der Waals surface area contributed by atoms with Crippen LogP contribution in [0.4, 0.5) is 0 Å². The summed E-state index contributed by atoms with van der Waals surface area (Å²) < 4.78 is 0.899. The molecule has 16 heavy (non-hydrogen) atoms. The minimum atomic E-state index is -0.930. The topological polar surface area (TPSA) is 50.2 Å². The van der Waals surface area contributed by atoms with Gasteiger partial charge in [-0.2, -0.15) is 0 Å². The molecule has 0 unspecified atom stereocenters. The molecule has 1 heterocycles. The van der Waals surface area contributed by atoms with Gasteiger partial charge in [0.2, 0.25) is 0 Å². The molecular weight excluding hydrogens is 242 g/mol. The maximum Gasteiger partial charge on any atom is 0.355 e. The van der Waals surface area contributed by atoms with Gasteiger partial charge in [-0.15, -0.1) is 11.3 Å². The van der Waals surface area contributed by atoms with E-state index in [-0.39, 0.29) is 16.4 Å². The number of hydrogen-bond donors (Lipinski definition) is 1. The van der Waals surface area contributed by atoms with Crippen molar-refractivity contribution in [2.24, 2.45) is 0 Å². The molecule has 0 bridgehead atoms. The summed E-state index contributed by atoms with van der Waals surface area (Å²) in [6.07, 6.45) is 0. The van der Waals surface area contributed by atoms with Gasteiger partial charge in [0.15, 0.2) is 10.0 Å². The first-order valence-corrected chi connectivity index (χ1v) is 6.77. The van der Waals surface area contributed by atoms with Gasteiger partial charge in [-0.05, 0) is 5.92 Å². The fourth-order valence-electron chi connectivity index (χ4n) is 1.16. The number of nitrogens with zero attached hydrogens (tertiary/aromatic N) is 1. The monoisotopic (exact) mass is 259 g/mol. The van der Waals surface area contributed by atoms with Crippen molar-refractivity contribution in [1.82, 2.24) is 4.98 Å². The zero-order valence-corrected chi connectivity index (χ0v) is 11.8. The molecule has 0 aliphatic carbocycles. The number of rotatable bonds is 3. The van der Waals surface area contributed by atoms with E-state index >= 15 is 0 Å². The third-order valence-electron chi connectivity index (χ3n) is 1.75. The lowest BCUT2D eigenvalue weighted by atomic mass is 10.1. The highest BCUT2D eigenvalue weighted by molar-refractivity contribution is 8.02. The second kappa shape index (κ2) is 4.75. The zero-order chi connectivity index (χ0) is 12.5. The zero-order valence-electron chi connectivity index (χ0n) is 10.2. The average Bonchev–Trinajstić information content (AvgIpc) is 2.44. The predicted molar refractivity (Wildman–Crippen MR) is 68.8 cm³/mol. The van der Waals surface area contributed by atoms with Gasteiger partial charge in [-0.25, -0.2) is 9.78 Å². The number of thioether (sulfide) groups is 1. The van der Waals surface area contributed by atoms with Gasteiger partial charge in [0, 0.05) is 9.62 Å². The average molecular weight is 259 g/mol. The fourth-order valence-corrected chi connectivity index (χ4v) is 3.80. The third kappa shape index (κ3) is 3.49. The molecule has 1 rings (SSSR count). The normalized spacial score (nSPS) is 12.1. The molecule has 0 spiro atoms. The number of aromatic carboxylic acids is 1. The molecule has 1 aromatic heterocycles. The standard InChI is InChI=1S/C11H17NO2S2/c1-6(2)8-7(9(13)14)12-10(15-8)16-11(3,4)5/h6H,1-5H3,(H,13,14). The van der Waals surface area contributed by atoms with Crippen molar-refractivity contribution in [3.63, 3.8) is 0 Å². The molecule has 0 atom stereocenters. The van der Waals surface area contributed by atoms with Crippen molar-refractivity contribution in [2.45, 2.75) is 49.6 Å². The Bertz CT molecular complexity index is 391. The van der Waals surface area contributed by atoms with Crippen molar-refractivity contribution < 1.29 is 9.90 Å². The number of carboxylic acid groups (broad SMARTS) is 1. The van der Waals surface area contributed by atoms with E-state index in [0.29, 0.717) is 0 Å². The van der Waals surface area contributed by atoms with Gasteiger partial charge in [0.05, 0.1) is 0 Å². The molecule has 0 fully saturated rings. The van der Waals surface area contributed by atoms with Gasteiger partial charge >= 0.3 is 5.97 Å². The van der Waals surface area contributed by atoms with Crippen LogP contribution in [0, 0.1) is 0 Å². The van der Waals surface area contributed by atoms with Crippen molar-refractivity contribution in [2.75, 3.05) is 0 Å². The fraction of sp³-hybridized carbons (Fsp3) is 0.636. The first-order valence-electron chi connectivity index (χ1n) is 5.13. The van der Waals surface area contributed by atoms with Crippen LogP contribution in [0.2, 0.25) is 0 Å². The lowest BCUT2D eigenvalue weighted by Gasteiger charge is -2.14. The summed E-state index contributed by atoms with van der Waals surface area (Å²) in [6.45, 7) is 10.3. The van der Waals surface area contributed by atoms with Gasteiger partial charge in [0.25, 0.3) is 0 Å². The van der Waals surface area contributed by atoms with E-state index in [0.717, 1.165) is 9.22 Å². The van der Waals surface area contributed by atoms with Crippen LogP contribution in [0.1, 0.15) is 55.9 Å². The number of carboxylic acids is 1. The molecule has 0 aromatic carbocycles. The largest absolute Gasteiger partial charge is 0.476 e. The Morgan fingerprint density at radius 1 is 1.44 bits per heavy atom. The van der Waals surface area contributed by atoms with Crippen LogP contribution in [0.5, 0.6) is 0 Å². The number of hydrogen-bond acceptors (Lipinski definition) is 4. The van der Waals surface area contributed by atoms with E-state index in [1.165, 1.54) is 11.3 Å². The molecule has 0 aliphatic rings. The molecule has 1 aromatic rings. The maximum atomic E-state index is 11.0. The molecule has 0 aliphatic heterocycles. The van der Waals surface area contributed by atoms with Crippen molar-refractivity contribution >= 4 is 29.1 Å². The van der Waals surface area contributed by atoms with Gasteiger partial charge in [-0.3, -0.25) is 0 Å². The quantitative estimate of drug-likeness (QED) is 0.837. The third-order valence-corrected chi connectivity index (χ3v) is 4.28. The van der Waals surface area contributed by atoms with E-state index in [1.54, 1.807) is 11.8 Å². The van der Waals surface area contributed by atoms with Crippen molar-refractivity contribution in [3.05, 3.63) is 10.6 Å². The summed E-state index contributed by atoms with van der Waals surface area (Å²) in [6, 6.07) is 0. The lowest BCUT2D eigenvalue weighted by Crippen LogP contribution is -2.06. The maximum absolute atomic E-state index is 11.0. The van der Waals surface area contributed by atoms with E-state index in [4.69, 9.17) is 5.11 Å². The van der Waals surface area contributed by atoms with Crippen molar-refractivity contribution in [3.8, 4) is 0 Å². The molecule has 0 saturated carbocycles. The Kier molecular flexibility index (Phi) is 4.02. The Hall–Kier alpha value is -0.550. The van der Waals surface area contributed by atoms with E-state index in [2.05, 4.69) is 25.8 Å². The van der Waals surface area contributed by atoms with E-state index in [1.807, 2.05) is 13.8 Å². The molecule has 0 saturated heterocycles. The Labute approximate surface area is 104 Å². The predicted octanol–water partition coefficient (Wildman–Crippen LogP) is 3.86. The number of aromatic nitrogens is 1. The van der Waals surface area contributed by atoms with Crippen LogP contribution in [0.3, 0.4) is 0 Å². The highest BCUT2D eigenvalue weighted by Crippen LogP contribution is 2.38. The molecule has 0 radical (unpaired) electrons. The molecule has 5 heteroatoms. The molecule has 90 valence electrons. The summed E-state index contributed by atoms with van der Waals surface area (Å²) in [4.78, 5) is 16.1. The van der Waals surface area contributed by atoms with Crippen LogP contribution < -0.4 is 0 Å². The number of thiazole rings is 1. The highest BCUT2D eigenvalue weighted by Gasteiger charge is 2.22. The molecule has 0 amide bonds. The minimum Gasteiger partial charge on any atom is -0.476 e. The van der Waals surface area contributed by atoms with Crippen molar-refractivity contribution in [1.29, 1.82) is 0 Å². The second-order valence-electron chi connectivity index (χ2n) is 4.87. The smallest absolute Gasteiger partial charge is 0.355 e. The molecular formula is C11H17NO2S2. The summed E-state index contributed by atoms with van der Waals surface area (Å²) in [5, 5.41) is 9.06. The van der Waals surface area contributed by atoms with E-state index < -0.39 is 5.97 Å². The van der Waals surface area contributed by atoms with Crippen LogP contribution in [0.25, 0.3) is 0 Å². The summed E-state index contributed by atoms with van der Waals surface area (Å²) in [5.74, 6) is -0.723. The Morgan fingerprint density at radius 2 is 2.00 bits per heavy atom. The van der Waals surface area contributed by atoms with Gasteiger partial charge in [0.1, 0.15) is 0 Å². The SMILES string of the molecule is CC(C)c1sc(SC(C)(C)C)nc1C(=O)O. The molecule has 3 nitrogen and oxygen atoms in total. The van der Waals surface area contributed by atoms with Crippen LogP contribution in [0.15, 0.2) is 4.34 Å². The second-order valence-corrected chi connectivity index (χ2v) is 7.97. The van der Waals surface area contributed by atoms with Crippen LogP contribution in [-0.2, 0) is 0 Å². The van der Waals surface area contributed by atoms with Gasteiger partial charge < -0.3 is 5.11 Å². The molecule has 1 N–H and O–H groups in total. The first kappa shape index (κ1) is 13.5. The highest BCUT2D eigenvalue weighted by atomic mass is 32.2. The summed E-state index contributed by atoms with van der Waals surface area (Å²) >= 11 is 3.11. The Balaban J connectivity index is 3.07. The minimum absolute atomic E-state index is 0.0574. The van der Waals surface area contributed by atoms with E-state index in [9.17, 15) is 4.79 Å². The van der Waals surface area contributed by atoms with Crippen LogP contribution >= 0.6 is 23.1 Å². The summed E-state index contributed by atoms with van der Waals surface area (Å²) in [7, 11) is 0. The summed E-state index contributed by atoms with van der Waals surface area (Å²) in [5.41, 5.74) is 0.215. The van der Waals surface area contributed by atoms with Crippen LogP contribution in [-0.4, -0.2) is 20.8 Å². The first-order chi connectivity index (χ1) is 7.20. The lowest BCUT2D eigenvalue weighted by molar-refractivity contribution is 0.0689.